The molecule has 3 rings (SSSR count). The standard InChI is InChI=1S/C21H20O5S/c1-15(2)25-18-12-13-21(20(14-18)16-8-10-17(22)11-9-16)26-27(23,24)19-6-4-3-5-7-19/h3-15,22H,1-2H3. The fraction of sp³-hybridized carbons (Fsp3) is 0.143. The fourth-order valence-electron chi connectivity index (χ4n) is 2.55. The SMILES string of the molecule is CC(C)Oc1ccc(OS(=O)(=O)c2ccccc2)c(-c2ccc(O)cc2)c1. The second kappa shape index (κ2) is 7.72. The minimum Gasteiger partial charge on any atom is -0.508 e. The van der Waals surface area contributed by atoms with Crippen LogP contribution in [-0.2, 0) is 10.1 Å². The number of rotatable bonds is 6. The van der Waals surface area contributed by atoms with Crippen LogP contribution < -0.4 is 8.92 Å². The van der Waals surface area contributed by atoms with Gasteiger partial charge in [0.25, 0.3) is 0 Å². The molecule has 3 aromatic carbocycles. The number of aromatic hydroxyl groups is 1. The third-order valence-corrected chi connectivity index (χ3v) is 4.98. The first-order valence-corrected chi connectivity index (χ1v) is 9.85. The molecule has 0 amide bonds. The van der Waals surface area contributed by atoms with Gasteiger partial charge in [-0.05, 0) is 61.9 Å². The van der Waals surface area contributed by atoms with Gasteiger partial charge in [-0.1, -0.05) is 30.3 Å². The van der Waals surface area contributed by atoms with Crippen molar-refractivity contribution in [3.8, 4) is 28.4 Å². The molecule has 0 aromatic heterocycles. The summed E-state index contributed by atoms with van der Waals surface area (Å²) in [6, 6.07) is 19.4. The Morgan fingerprint density at radius 3 is 2.19 bits per heavy atom. The van der Waals surface area contributed by atoms with Crippen LogP contribution in [0.1, 0.15) is 13.8 Å². The molecule has 0 bridgehead atoms. The molecule has 0 aliphatic carbocycles. The highest BCUT2D eigenvalue weighted by Crippen LogP contribution is 2.36. The van der Waals surface area contributed by atoms with Crippen molar-refractivity contribution in [2.45, 2.75) is 24.8 Å². The maximum Gasteiger partial charge on any atom is 0.339 e. The molecule has 140 valence electrons. The number of ether oxygens (including phenoxy) is 1. The Bertz CT molecular complexity index is 1010. The van der Waals surface area contributed by atoms with Crippen LogP contribution in [0, 0.1) is 0 Å². The van der Waals surface area contributed by atoms with Crippen LogP contribution in [0.25, 0.3) is 11.1 Å². The van der Waals surface area contributed by atoms with Crippen LogP contribution in [0.2, 0.25) is 0 Å². The summed E-state index contributed by atoms with van der Waals surface area (Å²) >= 11 is 0. The Balaban J connectivity index is 2.05. The van der Waals surface area contributed by atoms with E-state index in [4.69, 9.17) is 8.92 Å². The summed E-state index contributed by atoms with van der Waals surface area (Å²) in [7, 11) is -3.98. The van der Waals surface area contributed by atoms with Crippen molar-refractivity contribution in [3.63, 3.8) is 0 Å². The summed E-state index contributed by atoms with van der Waals surface area (Å²) in [4.78, 5) is 0.0733. The van der Waals surface area contributed by atoms with Crippen molar-refractivity contribution in [1.82, 2.24) is 0 Å². The van der Waals surface area contributed by atoms with Gasteiger partial charge in [0, 0.05) is 5.56 Å². The van der Waals surface area contributed by atoms with E-state index in [1.165, 1.54) is 24.3 Å². The molecule has 0 spiro atoms. The molecule has 5 nitrogen and oxygen atoms in total. The van der Waals surface area contributed by atoms with E-state index in [0.717, 1.165) is 0 Å². The lowest BCUT2D eigenvalue weighted by molar-refractivity contribution is 0.242. The summed E-state index contributed by atoms with van der Waals surface area (Å²) in [5.41, 5.74) is 1.24. The van der Waals surface area contributed by atoms with Crippen LogP contribution in [0.4, 0.5) is 0 Å². The Morgan fingerprint density at radius 2 is 1.56 bits per heavy atom. The first-order valence-electron chi connectivity index (χ1n) is 8.45. The molecule has 3 aromatic rings. The third-order valence-electron chi connectivity index (χ3n) is 3.73. The van der Waals surface area contributed by atoms with Crippen molar-refractivity contribution in [3.05, 3.63) is 72.8 Å². The van der Waals surface area contributed by atoms with Crippen LogP contribution in [0.5, 0.6) is 17.2 Å². The average molecular weight is 384 g/mol. The van der Waals surface area contributed by atoms with Crippen LogP contribution in [0.3, 0.4) is 0 Å². The van der Waals surface area contributed by atoms with Gasteiger partial charge in [0.05, 0.1) is 6.10 Å². The second-order valence-corrected chi connectivity index (χ2v) is 7.77. The predicted octanol–water partition coefficient (Wildman–Crippen LogP) is 4.61. The van der Waals surface area contributed by atoms with E-state index in [9.17, 15) is 13.5 Å². The zero-order chi connectivity index (χ0) is 19.4. The molecule has 0 saturated carbocycles. The average Bonchev–Trinajstić information content (AvgIpc) is 2.64. The number of phenols is 1. The Labute approximate surface area is 158 Å². The van der Waals surface area contributed by atoms with Gasteiger partial charge < -0.3 is 14.0 Å². The Morgan fingerprint density at radius 1 is 0.889 bits per heavy atom. The molecule has 0 unspecified atom stereocenters. The minimum atomic E-state index is -3.98. The zero-order valence-electron chi connectivity index (χ0n) is 15.0. The lowest BCUT2D eigenvalue weighted by atomic mass is 10.0. The van der Waals surface area contributed by atoms with Gasteiger partial charge in [0.1, 0.15) is 16.4 Å². The highest BCUT2D eigenvalue weighted by molar-refractivity contribution is 7.87. The molecule has 0 heterocycles. The minimum absolute atomic E-state index is 0.0301. The van der Waals surface area contributed by atoms with Gasteiger partial charge in [0.2, 0.25) is 0 Å². The van der Waals surface area contributed by atoms with E-state index in [2.05, 4.69) is 0 Å². The van der Waals surface area contributed by atoms with Crippen molar-refractivity contribution in [2.75, 3.05) is 0 Å². The van der Waals surface area contributed by atoms with Crippen LogP contribution in [0.15, 0.2) is 77.7 Å². The molecule has 0 fully saturated rings. The van der Waals surface area contributed by atoms with Gasteiger partial charge in [-0.25, -0.2) is 0 Å². The molecule has 27 heavy (non-hydrogen) atoms. The number of benzene rings is 3. The van der Waals surface area contributed by atoms with Crippen molar-refractivity contribution < 1.29 is 22.4 Å². The highest BCUT2D eigenvalue weighted by atomic mass is 32.2. The van der Waals surface area contributed by atoms with Crippen molar-refractivity contribution in [2.24, 2.45) is 0 Å². The number of hydrogen-bond donors (Lipinski definition) is 1. The van der Waals surface area contributed by atoms with Gasteiger partial charge in [-0.15, -0.1) is 0 Å². The molecule has 0 atom stereocenters. The molecule has 0 aliphatic heterocycles. The normalized spacial score (nSPS) is 11.4. The quantitative estimate of drug-likeness (QED) is 0.628. The predicted molar refractivity (Wildman–Crippen MR) is 104 cm³/mol. The molecule has 6 heteroatoms. The largest absolute Gasteiger partial charge is 0.508 e. The maximum absolute atomic E-state index is 12.6. The highest BCUT2D eigenvalue weighted by Gasteiger charge is 2.19. The molecular formula is C21H20O5S. The van der Waals surface area contributed by atoms with Crippen molar-refractivity contribution >= 4 is 10.1 Å². The van der Waals surface area contributed by atoms with E-state index < -0.39 is 10.1 Å². The smallest absolute Gasteiger partial charge is 0.339 e. The van der Waals surface area contributed by atoms with Gasteiger partial charge in [-0.3, -0.25) is 0 Å². The summed E-state index contributed by atoms with van der Waals surface area (Å²) in [5.74, 6) is 0.894. The first-order chi connectivity index (χ1) is 12.8. The Hall–Kier alpha value is -2.99. The number of phenolic OH excluding ortho intramolecular Hbond substituents is 1. The molecular weight excluding hydrogens is 364 g/mol. The summed E-state index contributed by atoms with van der Waals surface area (Å²) in [5, 5.41) is 9.53. The van der Waals surface area contributed by atoms with Crippen LogP contribution >= 0.6 is 0 Å². The van der Waals surface area contributed by atoms with E-state index in [1.54, 1.807) is 48.5 Å². The molecule has 0 aliphatic rings. The third kappa shape index (κ3) is 4.60. The van der Waals surface area contributed by atoms with Gasteiger partial charge >= 0.3 is 10.1 Å². The van der Waals surface area contributed by atoms with Gasteiger partial charge in [0.15, 0.2) is 5.75 Å². The maximum atomic E-state index is 12.6. The zero-order valence-corrected chi connectivity index (χ0v) is 15.8. The summed E-state index contributed by atoms with van der Waals surface area (Å²) in [6.07, 6.45) is -0.0301. The molecule has 0 saturated heterocycles. The lowest BCUT2D eigenvalue weighted by Gasteiger charge is -2.15. The number of hydrogen-bond acceptors (Lipinski definition) is 5. The van der Waals surface area contributed by atoms with E-state index >= 15 is 0 Å². The van der Waals surface area contributed by atoms with E-state index in [-0.39, 0.29) is 22.5 Å². The summed E-state index contributed by atoms with van der Waals surface area (Å²) in [6.45, 7) is 3.81. The van der Waals surface area contributed by atoms with Crippen molar-refractivity contribution in [1.29, 1.82) is 0 Å². The summed E-state index contributed by atoms with van der Waals surface area (Å²) < 4.78 is 36.4. The van der Waals surface area contributed by atoms with E-state index in [1.807, 2.05) is 13.8 Å². The van der Waals surface area contributed by atoms with E-state index in [0.29, 0.717) is 16.9 Å². The topological polar surface area (TPSA) is 72.8 Å². The fourth-order valence-corrected chi connectivity index (χ4v) is 3.52. The van der Waals surface area contributed by atoms with Gasteiger partial charge in [-0.2, -0.15) is 8.42 Å². The van der Waals surface area contributed by atoms with Crippen LogP contribution in [-0.4, -0.2) is 19.6 Å². The Kier molecular flexibility index (Phi) is 5.37. The second-order valence-electron chi connectivity index (χ2n) is 6.22. The monoisotopic (exact) mass is 384 g/mol. The molecule has 0 radical (unpaired) electrons. The first kappa shape index (κ1) is 18.8. The molecule has 1 N–H and O–H groups in total. The lowest BCUT2D eigenvalue weighted by Crippen LogP contribution is -2.11.